The van der Waals surface area contributed by atoms with Crippen molar-refractivity contribution < 1.29 is 0 Å². The van der Waals surface area contributed by atoms with Gasteiger partial charge in [0, 0.05) is 12.2 Å². The van der Waals surface area contributed by atoms with Gasteiger partial charge >= 0.3 is 0 Å². The Labute approximate surface area is 94.1 Å². The molecular weight excluding hydrogens is 210 g/mol. The zero-order valence-corrected chi connectivity index (χ0v) is 9.92. The second-order valence-corrected chi connectivity index (χ2v) is 4.84. The third-order valence-corrected chi connectivity index (χ3v) is 3.03. The van der Waals surface area contributed by atoms with Crippen LogP contribution in [0.1, 0.15) is 19.7 Å². The molecule has 1 aromatic heterocycles. The van der Waals surface area contributed by atoms with Gasteiger partial charge in [0.15, 0.2) is 0 Å². The van der Waals surface area contributed by atoms with Crippen LogP contribution in [0.5, 0.6) is 0 Å². The van der Waals surface area contributed by atoms with Gasteiger partial charge in [0.2, 0.25) is 11.9 Å². The molecule has 0 saturated heterocycles. The molecule has 0 unspecified atom stereocenters. The Bertz CT molecular complexity index is 295. The number of nitrogens with two attached hydrogens (primary N) is 2. The Balaban J connectivity index is 2.37. The SMILES string of the molecule is CC(C)CSCCc1nc(N)nc(N)n1. The number of hydrogen-bond acceptors (Lipinski definition) is 6. The quantitative estimate of drug-likeness (QED) is 0.728. The zero-order chi connectivity index (χ0) is 11.3. The highest BCUT2D eigenvalue weighted by Gasteiger charge is 2.02. The third-order valence-electron chi connectivity index (χ3n) is 1.64. The topological polar surface area (TPSA) is 90.7 Å². The molecule has 0 fully saturated rings. The lowest BCUT2D eigenvalue weighted by Crippen LogP contribution is -2.07. The van der Waals surface area contributed by atoms with Crippen molar-refractivity contribution in [3.63, 3.8) is 0 Å². The Hall–Kier alpha value is -1.04. The van der Waals surface area contributed by atoms with E-state index in [0.29, 0.717) is 11.7 Å². The van der Waals surface area contributed by atoms with E-state index in [4.69, 9.17) is 11.5 Å². The Kier molecular flexibility index (Phi) is 4.61. The molecule has 1 aromatic rings. The number of aryl methyl sites for hydroxylation is 1. The molecule has 0 spiro atoms. The molecule has 1 heterocycles. The Morgan fingerprint density at radius 2 is 1.73 bits per heavy atom. The monoisotopic (exact) mass is 227 g/mol. The lowest BCUT2D eigenvalue weighted by atomic mass is 10.3. The van der Waals surface area contributed by atoms with Gasteiger partial charge in [-0.05, 0) is 11.7 Å². The highest BCUT2D eigenvalue weighted by atomic mass is 32.2. The van der Waals surface area contributed by atoms with Crippen LogP contribution < -0.4 is 11.5 Å². The maximum Gasteiger partial charge on any atom is 0.225 e. The van der Waals surface area contributed by atoms with Crippen LogP contribution >= 0.6 is 11.8 Å². The van der Waals surface area contributed by atoms with Crippen molar-refractivity contribution in [3.05, 3.63) is 5.82 Å². The van der Waals surface area contributed by atoms with Crippen molar-refractivity contribution in [3.8, 4) is 0 Å². The minimum absolute atomic E-state index is 0.200. The Morgan fingerprint density at radius 1 is 1.13 bits per heavy atom. The zero-order valence-electron chi connectivity index (χ0n) is 9.10. The predicted octanol–water partition coefficient (Wildman–Crippen LogP) is 0.968. The number of aromatic nitrogens is 3. The van der Waals surface area contributed by atoms with E-state index < -0.39 is 0 Å². The summed E-state index contributed by atoms with van der Waals surface area (Å²) in [5.41, 5.74) is 10.9. The van der Waals surface area contributed by atoms with Crippen molar-refractivity contribution >= 4 is 23.7 Å². The van der Waals surface area contributed by atoms with Gasteiger partial charge in [-0.15, -0.1) is 0 Å². The second-order valence-electron chi connectivity index (χ2n) is 3.69. The second kappa shape index (κ2) is 5.75. The lowest BCUT2D eigenvalue weighted by molar-refractivity contribution is 0.749. The van der Waals surface area contributed by atoms with E-state index >= 15 is 0 Å². The number of anilines is 2. The van der Waals surface area contributed by atoms with Gasteiger partial charge in [0.05, 0.1) is 0 Å². The largest absolute Gasteiger partial charge is 0.368 e. The fraction of sp³-hybridized carbons (Fsp3) is 0.667. The number of rotatable bonds is 5. The summed E-state index contributed by atoms with van der Waals surface area (Å²) in [4.78, 5) is 11.7. The van der Waals surface area contributed by atoms with Crippen LogP contribution in [0.4, 0.5) is 11.9 Å². The summed E-state index contributed by atoms with van der Waals surface area (Å²) in [5, 5.41) is 0. The normalized spacial score (nSPS) is 10.9. The van der Waals surface area contributed by atoms with Gasteiger partial charge in [-0.1, -0.05) is 13.8 Å². The molecule has 0 bridgehead atoms. The minimum atomic E-state index is 0.200. The van der Waals surface area contributed by atoms with E-state index in [1.807, 2.05) is 11.8 Å². The number of nitrogen functional groups attached to an aromatic ring is 2. The number of nitrogens with zero attached hydrogens (tertiary/aromatic N) is 3. The molecule has 15 heavy (non-hydrogen) atoms. The van der Waals surface area contributed by atoms with Gasteiger partial charge in [0.25, 0.3) is 0 Å². The van der Waals surface area contributed by atoms with Crippen molar-refractivity contribution in [2.45, 2.75) is 20.3 Å². The average molecular weight is 227 g/mol. The van der Waals surface area contributed by atoms with Gasteiger partial charge < -0.3 is 11.5 Å². The number of thioether (sulfide) groups is 1. The van der Waals surface area contributed by atoms with E-state index in [9.17, 15) is 0 Å². The van der Waals surface area contributed by atoms with Crippen molar-refractivity contribution in [1.29, 1.82) is 0 Å². The van der Waals surface area contributed by atoms with Crippen LogP contribution in [-0.4, -0.2) is 26.5 Å². The molecule has 4 N–H and O–H groups in total. The van der Waals surface area contributed by atoms with Gasteiger partial charge in [0.1, 0.15) is 5.82 Å². The third kappa shape index (κ3) is 4.83. The lowest BCUT2D eigenvalue weighted by Gasteiger charge is -2.04. The van der Waals surface area contributed by atoms with E-state index in [-0.39, 0.29) is 11.9 Å². The molecule has 0 aliphatic carbocycles. The fourth-order valence-corrected chi connectivity index (χ4v) is 2.02. The molecule has 5 nitrogen and oxygen atoms in total. The fourth-order valence-electron chi connectivity index (χ4n) is 1.05. The van der Waals surface area contributed by atoms with Crippen molar-refractivity contribution in [2.75, 3.05) is 23.0 Å². The van der Waals surface area contributed by atoms with Gasteiger partial charge in [-0.2, -0.15) is 26.7 Å². The Morgan fingerprint density at radius 3 is 2.27 bits per heavy atom. The van der Waals surface area contributed by atoms with Crippen molar-refractivity contribution in [2.24, 2.45) is 5.92 Å². The molecule has 0 radical (unpaired) electrons. The molecule has 0 aliphatic heterocycles. The number of hydrogen-bond donors (Lipinski definition) is 2. The molecule has 0 atom stereocenters. The summed E-state index contributed by atoms with van der Waals surface area (Å²) >= 11 is 1.89. The van der Waals surface area contributed by atoms with Crippen LogP contribution in [0.3, 0.4) is 0 Å². The summed E-state index contributed by atoms with van der Waals surface area (Å²) in [5.74, 6) is 3.93. The summed E-state index contributed by atoms with van der Waals surface area (Å²) in [6, 6.07) is 0. The first kappa shape index (κ1) is 12.0. The molecule has 0 aliphatic rings. The van der Waals surface area contributed by atoms with Crippen LogP contribution in [0.25, 0.3) is 0 Å². The van der Waals surface area contributed by atoms with Gasteiger partial charge in [-0.3, -0.25) is 0 Å². The van der Waals surface area contributed by atoms with Crippen molar-refractivity contribution in [1.82, 2.24) is 15.0 Å². The predicted molar refractivity (Wildman–Crippen MR) is 64.5 cm³/mol. The molecule has 6 heteroatoms. The summed E-state index contributed by atoms with van der Waals surface area (Å²) in [6.07, 6.45) is 0.786. The van der Waals surface area contributed by atoms with Crippen LogP contribution in [0.2, 0.25) is 0 Å². The van der Waals surface area contributed by atoms with Gasteiger partial charge in [-0.25, -0.2) is 0 Å². The van der Waals surface area contributed by atoms with Crippen LogP contribution in [0, 0.1) is 5.92 Å². The molecular formula is C9H17N5S. The maximum atomic E-state index is 5.46. The maximum absolute atomic E-state index is 5.46. The smallest absolute Gasteiger partial charge is 0.225 e. The summed E-state index contributed by atoms with van der Waals surface area (Å²) < 4.78 is 0. The summed E-state index contributed by atoms with van der Waals surface area (Å²) in [7, 11) is 0. The van der Waals surface area contributed by atoms with Crippen LogP contribution in [0.15, 0.2) is 0 Å². The highest BCUT2D eigenvalue weighted by molar-refractivity contribution is 7.99. The van der Waals surface area contributed by atoms with E-state index in [2.05, 4.69) is 28.8 Å². The standard InChI is InChI=1S/C9H17N5S/c1-6(2)5-15-4-3-7-12-8(10)14-9(11)13-7/h6H,3-5H2,1-2H3,(H4,10,11,12,13,14). The molecule has 84 valence electrons. The molecule has 0 saturated carbocycles. The molecule has 1 rings (SSSR count). The first-order chi connectivity index (χ1) is 7.08. The van der Waals surface area contributed by atoms with E-state index in [1.165, 1.54) is 0 Å². The highest BCUT2D eigenvalue weighted by Crippen LogP contribution is 2.09. The first-order valence-electron chi connectivity index (χ1n) is 4.91. The summed E-state index contributed by atoms with van der Waals surface area (Å²) in [6.45, 7) is 4.40. The first-order valence-corrected chi connectivity index (χ1v) is 6.07. The van der Waals surface area contributed by atoms with E-state index in [1.54, 1.807) is 0 Å². The molecule has 0 amide bonds. The van der Waals surface area contributed by atoms with E-state index in [0.717, 1.165) is 17.9 Å². The van der Waals surface area contributed by atoms with Crippen LogP contribution in [-0.2, 0) is 6.42 Å². The minimum Gasteiger partial charge on any atom is -0.368 e. The molecule has 0 aromatic carbocycles. The average Bonchev–Trinajstić information content (AvgIpc) is 2.10.